The standard InChI is InChI=1S/C31H32N2O4/c1-6-7-8-20-9-10-21-23(33-20)17-18(2)25(29(30(34)35)37-31(3,4)5)27(21)22-11-12-24-26-19(14-16-36-24)13-15-32-28(22)26/h6,9-13,15,17,29H,1,7-8,14,16H2,2-5H3,(H,34,35). The molecule has 37 heavy (non-hydrogen) atoms. The van der Waals surface area contributed by atoms with Crippen LogP contribution in [-0.4, -0.2) is 33.3 Å². The van der Waals surface area contributed by atoms with Gasteiger partial charge < -0.3 is 14.6 Å². The lowest BCUT2D eigenvalue weighted by Crippen LogP contribution is -2.28. The van der Waals surface area contributed by atoms with E-state index in [0.717, 1.165) is 69.2 Å². The first-order valence-corrected chi connectivity index (χ1v) is 12.7. The number of hydrogen-bond acceptors (Lipinski definition) is 5. The lowest BCUT2D eigenvalue weighted by molar-refractivity contribution is -0.160. The van der Waals surface area contributed by atoms with Crippen molar-refractivity contribution in [1.82, 2.24) is 9.97 Å². The summed E-state index contributed by atoms with van der Waals surface area (Å²) in [5.74, 6) is -0.231. The molecule has 0 saturated carbocycles. The van der Waals surface area contributed by atoms with E-state index in [1.54, 1.807) is 0 Å². The van der Waals surface area contributed by atoms with Crippen molar-refractivity contribution in [2.75, 3.05) is 6.61 Å². The number of pyridine rings is 2. The van der Waals surface area contributed by atoms with Gasteiger partial charge in [0.25, 0.3) is 0 Å². The Balaban J connectivity index is 1.87. The Morgan fingerprint density at radius 1 is 1.24 bits per heavy atom. The lowest BCUT2D eigenvalue weighted by Gasteiger charge is -2.29. The van der Waals surface area contributed by atoms with E-state index in [0.29, 0.717) is 12.2 Å². The van der Waals surface area contributed by atoms with Gasteiger partial charge in [-0.2, -0.15) is 0 Å². The number of ether oxygens (including phenoxy) is 2. The van der Waals surface area contributed by atoms with Gasteiger partial charge in [-0.3, -0.25) is 9.97 Å². The highest BCUT2D eigenvalue weighted by atomic mass is 16.5. The van der Waals surface area contributed by atoms with E-state index in [-0.39, 0.29) is 0 Å². The summed E-state index contributed by atoms with van der Waals surface area (Å²) in [5.41, 5.74) is 6.15. The molecule has 0 bridgehead atoms. The molecule has 2 aromatic carbocycles. The van der Waals surface area contributed by atoms with Crippen molar-refractivity contribution in [1.29, 1.82) is 0 Å². The zero-order valence-electron chi connectivity index (χ0n) is 21.8. The second-order valence-corrected chi connectivity index (χ2v) is 10.5. The van der Waals surface area contributed by atoms with Gasteiger partial charge in [0.15, 0.2) is 6.10 Å². The van der Waals surface area contributed by atoms with E-state index in [4.69, 9.17) is 19.4 Å². The van der Waals surface area contributed by atoms with Gasteiger partial charge >= 0.3 is 5.97 Å². The van der Waals surface area contributed by atoms with Crippen molar-refractivity contribution < 1.29 is 19.4 Å². The highest BCUT2D eigenvalue weighted by Gasteiger charge is 2.32. The number of aliphatic carboxylic acids is 1. The normalized spacial score (nSPS) is 13.9. The zero-order valence-corrected chi connectivity index (χ0v) is 21.8. The van der Waals surface area contributed by atoms with Crippen LogP contribution in [0.5, 0.6) is 5.75 Å². The molecule has 1 unspecified atom stereocenters. The number of fused-ring (bicyclic) bond motifs is 1. The molecule has 0 aliphatic carbocycles. The molecule has 6 heteroatoms. The number of carbonyl (C=O) groups is 1. The molecule has 3 heterocycles. The minimum atomic E-state index is -1.16. The Morgan fingerprint density at radius 2 is 2.05 bits per heavy atom. The van der Waals surface area contributed by atoms with Gasteiger partial charge in [0, 0.05) is 40.2 Å². The van der Waals surface area contributed by atoms with Crippen LogP contribution in [0.1, 0.15) is 55.7 Å². The maximum absolute atomic E-state index is 12.7. The first-order chi connectivity index (χ1) is 17.7. The minimum absolute atomic E-state index is 0.620. The maximum Gasteiger partial charge on any atom is 0.337 e. The van der Waals surface area contributed by atoms with E-state index in [9.17, 15) is 9.90 Å². The molecule has 0 saturated heterocycles. The number of benzene rings is 2. The summed E-state index contributed by atoms with van der Waals surface area (Å²) in [6.07, 6.45) is 4.97. The topological polar surface area (TPSA) is 81.5 Å². The quantitative estimate of drug-likeness (QED) is 0.285. The summed E-state index contributed by atoms with van der Waals surface area (Å²) in [6.45, 7) is 12.0. The second-order valence-electron chi connectivity index (χ2n) is 10.5. The highest BCUT2D eigenvalue weighted by molar-refractivity contribution is 6.08. The Morgan fingerprint density at radius 3 is 2.78 bits per heavy atom. The van der Waals surface area contributed by atoms with Crippen molar-refractivity contribution in [3.63, 3.8) is 0 Å². The van der Waals surface area contributed by atoms with Crippen LogP contribution in [0.2, 0.25) is 0 Å². The molecule has 190 valence electrons. The molecule has 1 aliphatic heterocycles. The summed E-state index contributed by atoms with van der Waals surface area (Å²) in [6, 6.07) is 12.0. The summed E-state index contributed by atoms with van der Waals surface area (Å²) < 4.78 is 12.1. The van der Waals surface area contributed by atoms with Crippen LogP contribution in [0.4, 0.5) is 0 Å². The third-order valence-corrected chi connectivity index (χ3v) is 6.70. The molecule has 5 rings (SSSR count). The van der Waals surface area contributed by atoms with Crippen molar-refractivity contribution in [2.24, 2.45) is 0 Å². The highest BCUT2D eigenvalue weighted by Crippen LogP contribution is 2.44. The monoisotopic (exact) mass is 496 g/mol. The second kappa shape index (κ2) is 9.60. The number of nitrogens with zero attached hydrogens (tertiary/aromatic N) is 2. The molecule has 0 amide bonds. The summed E-state index contributed by atoms with van der Waals surface area (Å²) in [5, 5.41) is 12.2. The maximum atomic E-state index is 12.7. The summed E-state index contributed by atoms with van der Waals surface area (Å²) >= 11 is 0. The van der Waals surface area contributed by atoms with Gasteiger partial charge in [0.1, 0.15) is 5.75 Å². The molecular formula is C31H32N2O4. The number of aromatic nitrogens is 2. The fourth-order valence-electron chi connectivity index (χ4n) is 5.17. The van der Waals surface area contributed by atoms with Gasteiger partial charge in [-0.25, -0.2) is 4.79 Å². The molecule has 1 atom stereocenters. The summed E-state index contributed by atoms with van der Waals surface area (Å²) in [7, 11) is 0. The number of hydrogen-bond donors (Lipinski definition) is 1. The van der Waals surface area contributed by atoms with Gasteiger partial charge in [-0.15, -0.1) is 6.58 Å². The molecule has 0 radical (unpaired) electrons. The van der Waals surface area contributed by atoms with Crippen molar-refractivity contribution in [3.8, 4) is 16.9 Å². The third-order valence-electron chi connectivity index (χ3n) is 6.70. The van der Waals surface area contributed by atoms with Crippen LogP contribution in [0.25, 0.3) is 32.9 Å². The first-order valence-electron chi connectivity index (χ1n) is 12.7. The van der Waals surface area contributed by atoms with E-state index >= 15 is 0 Å². The van der Waals surface area contributed by atoms with Gasteiger partial charge in [0.2, 0.25) is 0 Å². The molecule has 2 aromatic heterocycles. The largest absolute Gasteiger partial charge is 0.493 e. The number of aryl methyl sites for hydroxylation is 2. The average Bonchev–Trinajstić information content (AvgIpc) is 2.85. The Labute approximate surface area is 217 Å². The third kappa shape index (κ3) is 4.69. The molecule has 4 aromatic rings. The molecule has 0 spiro atoms. The van der Waals surface area contributed by atoms with Crippen LogP contribution in [-0.2, 0) is 22.4 Å². The number of allylic oxidation sites excluding steroid dienone is 1. The lowest BCUT2D eigenvalue weighted by atomic mass is 9.86. The van der Waals surface area contributed by atoms with Crippen LogP contribution < -0.4 is 4.74 Å². The van der Waals surface area contributed by atoms with Crippen LogP contribution in [0.15, 0.2) is 55.3 Å². The SMILES string of the molecule is C=CCCc1ccc2c(-c3ccc4c5c(ccnc35)CCO4)c(C(OC(C)(C)C)C(=O)O)c(C)cc2n1. The average molecular weight is 497 g/mol. The number of rotatable bonds is 7. The Hall–Kier alpha value is -3.77. The smallest absolute Gasteiger partial charge is 0.337 e. The molecule has 1 aliphatic rings. The fourth-order valence-corrected chi connectivity index (χ4v) is 5.17. The number of carboxylic acid groups (broad SMARTS) is 1. The van der Waals surface area contributed by atoms with Crippen LogP contribution >= 0.6 is 0 Å². The molecular weight excluding hydrogens is 464 g/mol. The van der Waals surface area contributed by atoms with Crippen LogP contribution in [0.3, 0.4) is 0 Å². The first kappa shape index (κ1) is 24.9. The predicted molar refractivity (Wildman–Crippen MR) is 146 cm³/mol. The van der Waals surface area contributed by atoms with E-state index < -0.39 is 17.7 Å². The van der Waals surface area contributed by atoms with Gasteiger partial charge in [-0.1, -0.05) is 12.1 Å². The number of carboxylic acids is 1. The molecule has 1 N–H and O–H groups in total. The van der Waals surface area contributed by atoms with Crippen molar-refractivity contribution >= 4 is 27.8 Å². The Kier molecular flexibility index (Phi) is 6.46. The Bertz CT molecular complexity index is 1520. The van der Waals surface area contributed by atoms with Crippen molar-refractivity contribution in [3.05, 3.63) is 77.6 Å². The fraction of sp³-hybridized carbons (Fsp3) is 0.323. The molecule has 0 fully saturated rings. The molecule has 6 nitrogen and oxygen atoms in total. The van der Waals surface area contributed by atoms with Gasteiger partial charge in [0.05, 0.1) is 23.2 Å². The zero-order chi connectivity index (χ0) is 26.3. The van der Waals surface area contributed by atoms with E-state index in [1.165, 1.54) is 5.56 Å². The summed E-state index contributed by atoms with van der Waals surface area (Å²) in [4.78, 5) is 22.4. The minimum Gasteiger partial charge on any atom is -0.493 e. The van der Waals surface area contributed by atoms with Gasteiger partial charge in [-0.05, 0) is 87.6 Å². The van der Waals surface area contributed by atoms with Crippen LogP contribution in [0, 0.1) is 6.92 Å². The van der Waals surface area contributed by atoms with E-state index in [2.05, 4.69) is 6.58 Å². The van der Waals surface area contributed by atoms with Crippen molar-refractivity contribution in [2.45, 2.75) is 58.7 Å². The van der Waals surface area contributed by atoms with E-state index in [1.807, 2.05) is 76.4 Å². The predicted octanol–water partition coefficient (Wildman–Crippen LogP) is 6.75.